The van der Waals surface area contributed by atoms with Crippen LogP contribution in [-0.2, 0) is 25.4 Å². The largest absolute Gasteiger partial charge is 0.471 e. The number of nitrogens with zero attached hydrogens (tertiary/aromatic N) is 6. The van der Waals surface area contributed by atoms with E-state index in [9.17, 15) is 14.4 Å². The zero-order valence-electron chi connectivity index (χ0n) is 17.1. The third kappa shape index (κ3) is 3.16. The quantitative estimate of drug-likeness (QED) is 0.470. The van der Waals surface area contributed by atoms with Crippen LogP contribution < -0.4 is 16.0 Å². The van der Waals surface area contributed by atoms with Gasteiger partial charge in [-0.25, -0.2) is 14.8 Å². The van der Waals surface area contributed by atoms with Crippen LogP contribution in [0.1, 0.15) is 0 Å². The predicted octanol–water partition coefficient (Wildman–Crippen LogP) is 0.272. The van der Waals surface area contributed by atoms with Crippen molar-refractivity contribution in [1.82, 2.24) is 28.6 Å². The van der Waals surface area contributed by atoms with E-state index in [0.29, 0.717) is 19.0 Å². The molecule has 1 aliphatic rings. The molecule has 3 aromatic heterocycles. The Hall–Kier alpha value is -3.95. The first kappa shape index (κ1) is 19.0. The van der Waals surface area contributed by atoms with E-state index in [1.54, 1.807) is 11.9 Å². The van der Waals surface area contributed by atoms with Crippen molar-refractivity contribution in [3.63, 3.8) is 0 Å². The zero-order valence-corrected chi connectivity index (χ0v) is 17.1. The molecular formula is C21H20N6O4. The molecule has 0 radical (unpaired) electrons. The first-order valence-electron chi connectivity index (χ1n) is 9.83. The molecule has 4 heterocycles. The maximum Gasteiger partial charge on any atom is 0.332 e. The van der Waals surface area contributed by atoms with Crippen LogP contribution in [0.4, 0.5) is 0 Å². The monoisotopic (exact) mass is 420 g/mol. The molecule has 0 saturated carbocycles. The van der Waals surface area contributed by atoms with Crippen LogP contribution in [0.3, 0.4) is 0 Å². The molecule has 10 nitrogen and oxygen atoms in total. The fourth-order valence-electron chi connectivity index (χ4n) is 3.76. The topological polar surface area (TPSA) is 104 Å². The van der Waals surface area contributed by atoms with Gasteiger partial charge >= 0.3 is 5.69 Å². The normalized spacial score (nSPS) is 14.2. The van der Waals surface area contributed by atoms with Gasteiger partial charge in [0.05, 0.1) is 24.9 Å². The summed E-state index contributed by atoms with van der Waals surface area (Å²) in [6.45, 7) is 0.845. The number of carbonyl (C=O) groups excluding carboxylic acids is 1. The van der Waals surface area contributed by atoms with Gasteiger partial charge in [-0.15, -0.1) is 0 Å². The number of likely N-dealkylation sites (tertiary alicyclic amines) is 1. The Labute approximate surface area is 175 Å². The van der Waals surface area contributed by atoms with Gasteiger partial charge in [-0.05, 0) is 12.1 Å². The van der Waals surface area contributed by atoms with Crippen LogP contribution in [0.2, 0.25) is 0 Å². The molecule has 1 amide bonds. The molecule has 1 aromatic carbocycles. The Kier molecular flexibility index (Phi) is 4.35. The van der Waals surface area contributed by atoms with Crippen molar-refractivity contribution < 1.29 is 9.53 Å². The molecule has 158 valence electrons. The average Bonchev–Trinajstić information content (AvgIpc) is 3.16. The third-order valence-electron chi connectivity index (χ3n) is 5.58. The van der Waals surface area contributed by atoms with Crippen LogP contribution >= 0.6 is 0 Å². The second-order valence-electron chi connectivity index (χ2n) is 7.63. The highest BCUT2D eigenvalue weighted by Crippen LogP contribution is 2.20. The molecule has 0 spiro atoms. The molecule has 1 saturated heterocycles. The third-order valence-corrected chi connectivity index (χ3v) is 5.58. The number of para-hydroxylation sites is 1. The summed E-state index contributed by atoms with van der Waals surface area (Å²) >= 11 is 0. The summed E-state index contributed by atoms with van der Waals surface area (Å²) < 4.78 is 9.68. The van der Waals surface area contributed by atoms with Gasteiger partial charge in [0, 0.05) is 25.5 Å². The number of hydrogen-bond acceptors (Lipinski definition) is 6. The van der Waals surface area contributed by atoms with Gasteiger partial charge in [0.25, 0.3) is 5.56 Å². The summed E-state index contributed by atoms with van der Waals surface area (Å²) in [5.41, 5.74) is 0.407. The minimum Gasteiger partial charge on any atom is -0.471 e. The van der Waals surface area contributed by atoms with Crippen LogP contribution in [0, 0.1) is 0 Å². The highest BCUT2D eigenvalue weighted by molar-refractivity contribution is 5.80. The number of imidazole rings is 1. The number of amides is 1. The lowest BCUT2D eigenvalue weighted by Gasteiger charge is -2.38. The second kappa shape index (κ2) is 7.08. The van der Waals surface area contributed by atoms with Crippen molar-refractivity contribution in [2.75, 3.05) is 13.1 Å². The van der Waals surface area contributed by atoms with Gasteiger partial charge < -0.3 is 14.2 Å². The summed E-state index contributed by atoms with van der Waals surface area (Å²) in [5, 5.41) is 1.04. The van der Waals surface area contributed by atoms with Gasteiger partial charge in [0.2, 0.25) is 11.8 Å². The van der Waals surface area contributed by atoms with Crippen molar-refractivity contribution in [3.05, 3.63) is 63.6 Å². The van der Waals surface area contributed by atoms with Gasteiger partial charge in [-0.1, -0.05) is 18.2 Å². The lowest BCUT2D eigenvalue weighted by Crippen LogP contribution is -2.57. The summed E-state index contributed by atoms with van der Waals surface area (Å²) in [7, 11) is 2.95. The Morgan fingerprint density at radius 1 is 1.10 bits per heavy atom. The van der Waals surface area contributed by atoms with Gasteiger partial charge in [-0.2, -0.15) is 0 Å². The SMILES string of the molecule is Cn1c(=O)c2c(ncn2CC(=O)N2CC(Oc3ccc4ccccc4n3)C2)n(C)c1=O. The van der Waals surface area contributed by atoms with E-state index in [1.807, 2.05) is 36.4 Å². The van der Waals surface area contributed by atoms with E-state index in [0.717, 1.165) is 15.5 Å². The highest BCUT2D eigenvalue weighted by atomic mass is 16.5. The van der Waals surface area contributed by atoms with Crippen LogP contribution in [0.25, 0.3) is 22.1 Å². The number of aryl methyl sites for hydroxylation is 1. The smallest absolute Gasteiger partial charge is 0.332 e. The summed E-state index contributed by atoms with van der Waals surface area (Å²) in [5.74, 6) is 0.377. The van der Waals surface area contributed by atoms with Crippen LogP contribution in [0.15, 0.2) is 52.3 Å². The molecule has 5 rings (SSSR count). The maximum absolute atomic E-state index is 12.7. The lowest BCUT2D eigenvalue weighted by molar-refractivity contribution is -0.140. The Bertz CT molecular complexity index is 1440. The molecular weight excluding hydrogens is 400 g/mol. The van der Waals surface area contributed by atoms with Crippen LogP contribution in [-0.4, -0.2) is 53.7 Å². The predicted molar refractivity (Wildman–Crippen MR) is 113 cm³/mol. The molecule has 1 aliphatic heterocycles. The maximum atomic E-state index is 12.7. The van der Waals surface area contributed by atoms with E-state index in [-0.39, 0.29) is 29.7 Å². The fourth-order valence-corrected chi connectivity index (χ4v) is 3.76. The van der Waals surface area contributed by atoms with Gasteiger partial charge in [0.15, 0.2) is 11.2 Å². The summed E-state index contributed by atoms with van der Waals surface area (Å²) in [6, 6.07) is 11.6. The fraction of sp³-hybridized carbons (Fsp3) is 0.286. The van der Waals surface area contributed by atoms with Crippen molar-refractivity contribution in [2.45, 2.75) is 12.6 Å². The molecule has 0 bridgehead atoms. The Balaban J connectivity index is 1.27. The number of pyridine rings is 1. The molecule has 1 fully saturated rings. The minimum atomic E-state index is -0.476. The van der Waals surface area contributed by atoms with Gasteiger partial charge in [0.1, 0.15) is 12.6 Å². The number of aromatic nitrogens is 5. The molecule has 0 unspecified atom stereocenters. The van der Waals surface area contributed by atoms with E-state index < -0.39 is 11.2 Å². The lowest BCUT2D eigenvalue weighted by atomic mass is 10.1. The molecule has 0 aliphatic carbocycles. The zero-order chi connectivity index (χ0) is 21.7. The van der Waals surface area contributed by atoms with Crippen molar-refractivity contribution in [2.24, 2.45) is 14.1 Å². The van der Waals surface area contributed by atoms with E-state index in [2.05, 4.69) is 9.97 Å². The van der Waals surface area contributed by atoms with Crippen molar-refractivity contribution >= 4 is 28.0 Å². The summed E-state index contributed by atoms with van der Waals surface area (Å²) in [6.07, 6.45) is 1.28. The van der Waals surface area contributed by atoms with E-state index in [4.69, 9.17) is 4.74 Å². The number of rotatable bonds is 4. The molecule has 31 heavy (non-hydrogen) atoms. The standard InChI is InChI=1S/C21H20N6O4/c1-24-19-18(20(29)25(2)21(24)30)27(12-22-19)11-17(28)26-9-14(10-26)31-16-8-7-13-5-3-4-6-15(13)23-16/h3-8,12,14H,9-11H2,1-2H3. The Morgan fingerprint density at radius 3 is 2.68 bits per heavy atom. The number of benzene rings is 1. The average molecular weight is 420 g/mol. The van der Waals surface area contributed by atoms with Crippen molar-refractivity contribution in [1.29, 1.82) is 0 Å². The number of carbonyl (C=O) groups is 1. The second-order valence-corrected chi connectivity index (χ2v) is 7.63. The molecule has 0 N–H and O–H groups in total. The number of ether oxygens (including phenoxy) is 1. The first-order chi connectivity index (χ1) is 14.9. The van der Waals surface area contributed by atoms with Crippen molar-refractivity contribution in [3.8, 4) is 5.88 Å². The highest BCUT2D eigenvalue weighted by Gasteiger charge is 2.33. The summed E-state index contributed by atoms with van der Waals surface area (Å²) in [4.78, 5) is 47.5. The molecule has 10 heteroatoms. The molecule has 4 aromatic rings. The number of hydrogen-bond donors (Lipinski definition) is 0. The Morgan fingerprint density at radius 2 is 1.87 bits per heavy atom. The van der Waals surface area contributed by atoms with Gasteiger partial charge in [-0.3, -0.25) is 18.7 Å². The first-order valence-corrected chi connectivity index (χ1v) is 9.83. The number of fused-ring (bicyclic) bond motifs is 2. The van der Waals surface area contributed by atoms with E-state index in [1.165, 1.54) is 22.5 Å². The minimum absolute atomic E-state index is 0.0368. The molecule has 0 atom stereocenters. The van der Waals surface area contributed by atoms with E-state index >= 15 is 0 Å². The van der Waals surface area contributed by atoms with Crippen LogP contribution in [0.5, 0.6) is 5.88 Å².